The highest BCUT2D eigenvalue weighted by molar-refractivity contribution is 7.86. The summed E-state index contributed by atoms with van der Waals surface area (Å²) in [5, 5.41) is 119. The van der Waals surface area contributed by atoms with E-state index in [2.05, 4.69) is 61.2 Å². The van der Waals surface area contributed by atoms with E-state index in [1.54, 1.807) is 37.4 Å². The lowest BCUT2D eigenvalue weighted by Gasteiger charge is -2.13. The first-order chi connectivity index (χ1) is 45.1. The first-order valence-electron chi connectivity index (χ1n) is 26.9. The first-order valence-corrected chi connectivity index (χ1v) is 32.4. The number of nitrogens with one attached hydrogen (secondary N) is 2. The molecule has 10 aromatic rings. The van der Waals surface area contributed by atoms with Gasteiger partial charge in [0.25, 0.3) is 30.4 Å². The average Bonchev–Trinajstić information content (AvgIpc) is 0.783. The van der Waals surface area contributed by atoms with E-state index in [1.807, 2.05) is 0 Å². The van der Waals surface area contributed by atoms with Gasteiger partial charge in [-0.05, 0) is 125 Å². The van der Waals surface area contributed by atoms with E-state index < -0.39 is 111 Å². The number of nitrogens with zero attached hydrogens (tertiary/aromatic N) is 10. The molecular weight excluding hydrogens is 1330 g/mol. The van der Waals surface area contributed by atoms with Gasteiger partial charge in [0.05, 0.1) is 56.7 Å². The molecular formula is C58H46N12O21S4. The molecule has 0 heterocycles. The van der Waals surface area contributed by atoms with Gasteiger partial charge < -0.3 is 50.5 Å². The standard InChI is InChI=1S/C58H46N12O21S4/c1-59-42-12-9-39-38(8-13-44(56(39)75)63-60-31-3-6-36-28(18-31)2-10-43(55(36)74)64-62-41-11-5-33(70-92(79)80)23-40(41)58(77)78)53(42)68-61-32-4-7-37-29(19-32)22-51(95(87,88)89)54(57(37)76)69-66-46-27-49(90-16-14-71)45(26-50(46)91-17-15-72)65-67-47-24-34(93(81,82)83)20-30-21-35(94(84,85)86)25-48(73)52(30)47/h2-13,18-27,59,71-76,92H,14-17H2,1H3,(H,77,78)(H,70,79,80)(H,81,82,83)(H,84,85,86)(H,87,88,89). The fraction of sp³-hybridized carbons (Fsp3) is 0.0862. The second kappa shape index (κ2) is 27.1. The summed E-state index contributed by atoms with van der Waals surface area (Å²) in [5.74, 6) is -4.18. The number of hydrogen-bond acceptors (Lipinski definition) is 28. The van der Waals surface area contributed by atoms with Crippen molar-refractivity contribution in [1.29, 1.82) is 0 Å². The summed E-state index contributed by atoms with van der Waals surface area (Å²) in [6.07, 6.45) is 0. The summed E-state index contributed by atoms with van der Waals surface area (Å²) >= 11 is 0. The smallest absolute Gasteiger partial charge is 0.338 e. The van der Waals surface area contributed by atoms with Gasteiger partial charge in [-0.3, -0.25) is 18.4 Å². The summed E-state index contributed by atoms with van der Waals surface area (Å²) in [5.41, 5.74) is -1.22. The molecule has 12 N–H and O–H groups in total. The molecule has 10 aromatic carbocycles. The van der Waals surface area contributed by atoms with Crippen LogP contribution in [-0.2, 0) is 41.2 Å². The van der Waals surface area contributed by atoms with Gasteiger partial charge in [-0.2, -0.15) is 35.5 Å². The van der Waals surface area contributed by atoms with E-state index in [1.165, 1.54) is 54.6 Å². The number of anilines is 2. The zero-order valence-corrected chi connectivity index (χ0v) is 51.5. The number of aliphatic hydroxyl groups excluding tert-OH is 2. The van der Waals surface area contributed by atoms with Gasteiger partial charge >= 0.3 is 5.97 Å². The van der Waals surface area contributed by atoms with Crippen LogP contribution in [0.4, 0.5) is 68.2 Å². The minimum absolute atomic E-state index is 0.00101. The number of rotatable bonds is 23. The molecule has 0 unspecified atom stereocenters. The van der Waals surface area contributed by atoms with Gasteiger partial charge in [0.1, 0.15) is 75.2 Å². The van der Waals surface area contributed by atoms with Crippen LogP contribution in [0, 0.1) is 0 Å². The van der Waals surface area contributed by atoms with Crippen molar-refractivity contribution in [2.24, 2.45) is 51.1 Å². The van der Waals surface area contributed by atoms with Crippen LogP contribution in [0.5, 0.6) is 34.5 Å². The molecule has 0 aliphatic carbocycles. The molecule has 0 spiro atoms. The van der Waals surface area contributed by atoms with Crippen molar-refractivity contribution in [2.75, 3.05) is 43.5 Å². The van der Waals surface area contributed by atoms with Crippen molar-refractivity contribution in [3.05, 3.63) is 139 Å². The van der Waals surface area contributed by atoms with E-state index in [9.17, 15) is 87.9 Å². The van der Waals surface area contributed by atoms with Crippen LogP contribution in [0.3, 0.4) is 0 Å². The lowest BCUT2D eigenvalue weighted by atomic mass is 10.1. The summed E-state index contributed by atoms with van der Waals surface area (Å²) < 4.78 is 140. The minimum atomic E-state index is -5.25. The number of azo groups is 5. The maximum Gasteiger partial charge on any atom is 0.338 e. The predicted molar refractivity (Wildman–Crippen MR) is 341 cm³/mol. The third kappa shape index (κ3) is 14.7. The fourth-order valence-corrected chi connectivity index (χ4v) is 11.5. The fourth-order valence-electron chi connectivity index (χ4n) is 9.42. The summed E-state index contributed by atoms with van der Waals surface area (Å²) in [4.78, 5) is 9.24. The number of fused-ring (bicyclic) bond motifs is 4. The van der Waals surface area contributed by atoms with Crippen molar-refractivity contribution in [3.8, 4) is 34.5 Å². The van der Waals surface area contributed by atoms with Gasteiger partial charge in [0.15, 0.2) is 17.2 Å². The molecule has 0 saturated heterocycles. The minimum Gasteiger partial charge on any atom is -0.507 e. The summed E-state index contributed by atoms with van der Waals surface area (Å²) in [6, 6.07) is 27.8. The number of hydrogen-bond donors (Lipinski definition) is 13. The highest BCUT2D eigenvalue weighted by atomic mass is 32.2. The Hall–Kier alpha value is -11.3. The summed E-state index contributed by atoms with van der Waals surface area (Å²) in [6.45, 7) is -2.00. The van der Waals surface area contributed by atoms with Crippen molar-refractivity contribution in [3.63, 3.8) is 0 Å². The van der Waals surface area contributed by atoms with Crippen LogP contribution in [0.2, 0.25) is 0 Å². The Bertz CT molecular complexity index is 5430. The number of ether oxygens (including phenoxy) is 2. The van der Waals surface area contributed by atoms with Crippen LogP contribution in [0.15, 0.2) is 199 Å². The number of aromatic hydroxyl groups is 4. The van der Waals surface area contributed by atoms with E-state index >= 15 is 0 Å². The Morgan fingerprint density at radius 2 is 0.979 bits per heavy atom. The number of carboxylic acid groups (broad SMARTS) is 1. The van der Waals surface area contributed by atoms with Crippen molar-refractivity contribution < 1.29 is 97.3 Å². The largest absolute Gasteiger partial charge is 0.507 e. The molecule has 95 heavy (non-hydrogen) atoms. The van der Waals surface area contributed by atoms with Gasteiger partial charge in [-0.15, -0.1) is 40.9 Å². The SMILES string of the molecule is CNc1ccc2c(O)c(N=Nc3ccc4c(O)c(N=Nc5ccc(N[SH](=O)=O)cc5C(=O)O)ccc4c3)ccc2c1N=Nc1ccc2c(O)c(N=Nc3cc(OCCO)c(N=Nc4cc(S(=O)(=O)O)cc5cc(S(=O)(=O)O)cc(O)c45)cc3OCCO)c(S(=O)(=O)O)cc2c1. The third-order valence-electron chi connectivity index (χ3n) is 13.7. The molecule has 33 nitrogen and oxygen atoms in total. The third-order valence-corrected chi connectivity index (χ3v) is 16.7. The topological polar surface area (TPSA) is 522 Å². The number of thiol groups is 1. The van der Waals surface area contributed by atoms with Crippen LogP contribution in [0.25, 0.3) is 43.1 Å². The molecule has 0 aliphatic rings. The van der Waals surface area contributed by atoms with Gasteiger partial charge in [-0.1, -0.05) is 6.07 Å². The van der Waals surface area contributed by atoms with Gasteiger partial charge in [0.2, 0.25) is 10.9 Å². The maximum absolute atomic E-state index is 13.0. The number of phenols is 4. The van der Waals surface area contributed by atoms with E-state index in [0.29, 0.717) is 33.6 Å². The first kappa shape index (κ1) is 66.6. The highest BCUT2D eigenvalue weighted by Crippen LogP contribution is 2.48. The Balaban J connectivity index is 0.929. The Labute approximate surface area is 536 Å². The Kier molecular flexibility index (Phi) is 19.0. The van der Waals surface area contributed by atoms with Crippen molar-refractivity contribution in [1.82, 2.24) is 0 Å². The Morgan fingerprint density at radius 3 is 1.58 bits per heavy atom. The van der Waals surface area contributed by atoms with Crippen molar-refractivity contribution >= 4 is 159 Å². The molecule has 0 amide bonds. The van der Waals surface area contributed by atoms with Crippen LogP contribution >= 0.6 is 0 Å². The van der Waals surface area contributed by atoms with Crippen molar-refractivity contribution in [2.45, 2.75) is 14.7 Å². The van der Waals surface area contributed by atoms with Gasteiger partial charge in [0, 0.05) is 52.5 Å². The maximum atomic E-state index is 13.0. The zero-order chi connectivity index (χ0) is 68.3. The van der Waals surface area contributed by atoms with Crippen LogP contribution < -0.4 is 19.5 Å². The number of carbonyl (C=O) groups is 1. The predicted octanol–water partition coefficient (Wildman–Crippen LogP) is 12.4. The molecule has 10 rings (SSSR count). The molecule has 0 aromatic heterocycles. The monoisotopic (exact) mass is 1370 g/mol. The molecule has 0 bridgehead atoms. The average molecular weight is 1380 g/mol. The number of carboxylic acids is 1. The number of phenolic OH excluding ortho intramolecular Hbond substituents is 4. The molecule has 0 aliphatic heterocycles. The summed E-state index contributed by atoms with van der Waals surface area (Å²) in [7, 11) is -16.7. The zero-order valence-electron chi connectivity index (χ0n) is 48.1. The lowest BCUT2D eigenvalue weighted by Crippen LogP contribution is -2.04. The van der Waals surface area contributed by atoms with E-state index in [-0.39, 0.29) is 101 Å². The second-order valence-corrected chi connectivity index (χ2v) is 24.8. The molecule has 0 fully saturated rings. The van der Waals surface area contributed by atoms with E-state index in [4.69, 9.17) is 9.47 Å². The van der Waals surface area contributed by atoms with Crippen LogP contribution in [0.1, 0.15) is 10.4 Å². The number of benzene rings is 10. The highest BCUT2D eigenvalue weighted by Gasteiger charge is 2.25. The molecule has 488 valence electrons. The van der Waals surface area contributed by atoms with Crippen LogP contribution in [-0.4, -0.2) is 123 Å². The quantitative estimate of drug-likeness (QED) is 0.0161. The second-order valence-electron chi connectivity index (χ2n) is 19.8. The molecule has 0 saturated carbocycles. The molecule has 0 atom stereocenters. The van der Waals surface area contributed by atoms with Gasteiger partial charge in [-0.25, -0.2) is 13.2 Å². The van der Waals surface area contributed by atoms with E-state index in [0.717, 1.165) is 42.5 Å². The lowest BCUT2D eigenvalue weighted by molar-refractivity contribution is 0.0697. The Morgan fingerprint density at radius 1 is 0.474 bits per heavy atom. The number of aliphatic hydroxyl groups is 2. The molecule has 0 radical (unpaired) electrons. The normalized spacial score (nSPS) is 12.5. The number of aromatic carboxylic acids is 1. The molecule has 37 heteroatoms.